The molecule has 0 aromatic rings. The number of Topliss-reactive ketones (excluding diaryl/α,β-unsaturated/α-hetero) is 2. The van der Waals surface area contributed by atoms with Crippen LogP contribution in [0.1, 0.15) is 72.1 Å². The van der Waals surface area contributed by atoms with Gasteiger partial charge in [0.05, 0.1) is 0 Å². The highest BCUT2D eigenvalue weighted by molar-refractivity contribution is 5.90. The van der Waals surface area contributed by atoms with Crippen LogP contribution in [0.2, 0.25) is 0 Å². The topological polar surface area (TPSA) is 60.4 Å². The van der Waals surface area contributed by atoms with E-state index in [1.54, 1.807) is 0 Å². The molecule has 25 heavy (non-hydrogen) atoms. The van der Waals surface area contributed by atoms with Crippen LogP contribution in [0.25, 0.3) is 0 Å². The number of esters is 1. The van der Waals surface area contributed by atoms with Gasteiger partial charge in [-0.1, -0.05) is 13.8 Å². The van der Waals surface area contributed by atoms with Gasteiger partial charge in [-0.15, -0.1) is 0 Å². The van der Waals surface area contributed by atoms with Crippen LogP contribution in [0, 0.1) is 34.5 Å². The maximum atomic E-state index is 13.1. The fraction of sp³-hybridized carbons (Fsp3) is 0.857. The third-order valence-corrected chi connectivity index (χ3v) is 8.46. The van der Waals surface area contributed by atoms with E-state index in [0.717, 1.165) is 38.5 Å². The Morgan fingerprint density at radius 3 is 2.56 bits per heavy atom. The molecule has 0 N–H and O–H groups in total. The van der Waals surface area contributed by atoms with Crippen LogP contribution >= 0.6 is 0 Å². The third kappa shape index (κ3) is 2.43. The average molecular weight is 346 g/mol. The van der Waals surface area contributed by atoms with Gasteiger partial charge < -0.3 is 4.74 Å². The molecule has 0 aliphatic heterocycles. The second kappa shape index (κ2) is 5.65. The fourth-order valence-electron chi connectivity index (χ4n) is 7.01. The zero-order chi connectivity index (χ0) is 18.0. The monoisotopic (exact) mass is 346 g/mol. The van der Waals surface area contributed by atoms with E-state index in [1.807, 2.05) is 0 Å². The Morgan fingerprint density at radius 2 is 1.84 bits per heavy atom. The number of hydrogen-bond donors (Lipinski definition) is 0. The first-order valence-electron chi connectivity index (χ1n) is 9.99. The lowest BCUT2D eigenvalue weighted by molar-refractivity contribution is -0.166. The number of carbonyl (C=O) groups is 3. The lowest BCUT2D eigenvalue weighted by Crippen LogP contribution is -2.57. The first kappa shape index (κ1) is 17.2. The summed E-state index contributed by atoms with van der Waals surface area (Å²) in [6.45, 7) is 5.95. The lowest BCUT2D eigenvalue weighted by atomic mass is 9.45. The summed E-state index contributed by atoms with van der Waals surface area (Å²) in [5.74, 6) is 1.61. The number of ether oxygens (including phenoxy) is 1. The van der Waals surface area contributed by atoms with Gasteiger partial charge in [0.25, 0.3) is 0 Å². The van der Waals surface area contributed by atoms with Crippen molar-refractivity contribution < 1.29 is 19.1 Å². The molecule has 0 radical (unpaired) electrons. The van der Waals surface area contributed by atoms with E-state index in [1.165, 1.54) is 6.92 Å². The number of rotatable bonds is 1. The van der Waals surface area contributed by atoms with Crippen LogP contribution in [-0.2, 0) is 19.1 Å². The highest BCUT2D eigenvalue weighted by Gasteiger charge is 2.62. The molecule has 138 valence electrons. The Labute approximate surface area is 150 Å². The fourth-order valence-corrected chi connectivity index (χ4v) is 7.01. The molecule has 4 heteroatoms. The van der Waals surface area contributed by atoms with Crippen molar-refractivity contribution in [3.63, 3.8) is 0 Å². The number of ketones is 2. The quantitative estimate of drug-likeness (QED) is 0.679. The van der Waals surface area contributed by atoms with Gasteiger partial charge >= 0.3 is 5.97 Å². The van der Waals surface area contributed by atoms with Gasteiger partial charge in [-0.2, -0.15) is 0 Å². The molecule has 0 heterocycles. The molecule has 4 rings (SSSR count). The first-order valence-corrected chi connectivity index (χ1v) is 9.99. The molecule has 4 fully saturated rings. The van der Waals surface area contributed by atoms with Gasteiger partial charge in [0, 0.05) is 31.1 Å². The standard InChI is InChI=1S/C21H30O4/c1-12(22)25-14-6-8-20(2)13(10-14)11-17(23)19-15-4-5-18(24)21(15,3)9-7-16(19)20/h13-16,19H,4-11H2,1-3H3/t13-,14+,15-,16-,19-,20-,21-/m0/s1. The number of carbonyl (C=O) groups excluding carboxylic acids is 3. The Morgan fingerprint density at radius 1 is 1.08 bits per heavy atom. The van der Waals surface area contributed by atoms with Gasteiger partial charge in [0.2, 0.25) is 0 Å². The Hall–Kier alpha value is -1.19. The van der Waals surface area contributed by atoms with E-state index in [0.29, 0.717) is 36.2 Å². The largest absolute Gasteiger partial charge is 0.463 e. The van der Waals surface area contributed by atoms with E-state index < -0.39 is 0 Å². The van der Waals surface area contributed by atoms with Gasteiger partial charge in [0.1, 0.15) is 17.7 Å². The summed E-state index contributed by atoms with van der Waals surface area (Å²) in [6.07, 6.45) is 6.85. The van der Waals surface area contributed by atoms with Crippen molar-refractivity contribution in [1.29, 1.82) is 0 Å². The predicted octanol–water partition coefficient (Wildman–Crippen LogP) is 3.71. The van der Waals surface area contributed by atoms with Crippen LogP contribution in [-0.4, -0.2) is 23.6 Å². The summed E-state index contributed by atoms with van der Waals surface area (Å²) in [4.78, 5) is 36.9. The minimum Gasteiger partial charge on any atom is -0.463 e. The summed E-state index contributed by atoms with van der Waals surface area (Å²) in [7, 11) is 0. The molecule has 4 aliphatic carbocycles. The van der Waals surface area contributed by atoms with Crippen molar-refractivity contribution in [3.8, 4) is 0 Å². The van der Waals surface area contributed by atoms with Gasteiger partial charge in [-0.05, 0) is 61.7 Å². The molecule has 0 bridgehead atoms. The second-order valence-corrected chi connectivity index (χ2v) is 9.54. The highest BCUT2D eigenvalue weighted by Crippen LogP contribution is 2.64. The van der Waals surface area contributed by atoms with E-state index in [4.69, 9.17) is 4.74 Å². The maximum absolute atomic E-state index is 13.1. The summed E-state index contributed by atoms with van der Waals surface area (Å²) in [6, 6.07) is 0. The van der Waals surface area contributed by atoms with Crippen molar-refractivity contribution in [1.82, 2.24) is 0 Å². The normalized spacial score (nSPS) is 49.2. The summed E-state index contributed by atoms with van der Waals surface area (Å²) < 4.78 is 5.46. The molecule has 0 amide bonds. The highest BCUT2D eigenvalue weighted by atomic mass is 16.5. The lowest BCUT2D eigenvalue weighted by Gasteiger charge is -2.59. The molecule has 0 aromatic carbocycles. The molecule has 4 saturated carbocycles. The van der Waals surface area contributed by atoms with E-state index in [2.05, 4.69) is 13.8 Å². The molecular weight excluding hydrogens is 316 g/mol. The van der Waals surface area contributed by atoms with E-state index in [9.17, 15) is 14.4 Å². The maximum Gasteiger partial charge on any atom is 0.302 e. The SMILES string of the molecule is CC(=O)O[C@@H]1CC[C@@]2(C)[C@H](CC(=O)[C@@H]3[C@@H]2CC[C@]2(C)C(=O)CC[C@@H]32)C1. The molecule has 7 atom stereocenters. The van der Waals surface area contributed by atoms with Gasteiger partial charge in [-0.3, -0.25) is 14.4 Å². The third-order valence-electron chi connectivity index (χ3n) is 8.46. The van der Waals surface area contributed by atoms with Crippen LogP contribution in [0.4, 0.5) is 0 Å². The minimum absolute atomic E-state index is 0.0261. The summed E-state index contributed by atoms with van der Waals surface area (Å²) >= 11 is 0. The number of hydrogen-bond acceptors (Lipinski definition) is 4. The van der Waals surface area contributed by atoms with Crippen molar-refractivity contribution in [3.05, 3.63) is 0 Å². The van der Waals surface area contributed by atoms with Crippen LogP contribution in [0.15, 0.2) is 0 Å². The molecule has 4 aliphatic rings. The zero-order valence-electron chi connectivity index (χ0n) is 15.7. The van der Waals surface area contributed by atoms with E-state index in [-0.39, 0.29) is 34.7 Å². The Bertz CT molecular complexity index is 625. The summed E-state index contributed by atoms with van der Waals surface area (Å²) in [5, 5.41) is 0. The van der Waals surface area contributed by atoms with Crippen molar-refractivity contribution in [2.75, 3.05) is 0 Å². The Kier molecular flexibility index (Phi) is 3.90. The first-order chi connectivity index (χ1) is 11.8. The van der Waals surface area contributed by atoms with Gasteiger partial charge in [-0.25, -0.2) is 0 Å². The Balaban J connectivity index is 1.60. The predicted molar refractivity (Wildman–Crippen MR) is 92.7 cm³/mol. The molecule has 0 aromatic heterocycles. The van der Waals surface area contributed by atoms with Crippen molar-refractivity contribution >= 4 is 17.5 Å². The van der Waals surface area contributed by atoms with Crippen LogP contribution < -0.4 is 0 Å². The second-order valence-electron chi connectivity index (χ2n) is 9.54. The van der Waals surface area contributed by atoms with Crippen molar-refractivity contribution in [2.45, 2.75) is 78.2 Å². The molecule has 0 spiro atoms. The van der Waals surface area contributed by atoms with Crippen molar-refractivity contribution in [2.24, 2.45) is 34.5 Å². The zero-order valence-corrected chi connectivity index (χ0v) is 15.7. The molecule has 0 saturated heterocycles. The summed E-state index contributed by atoms with van der Waals surface area (Å²) in [5.41, 5.74) is -0.100. The van der Waals surface area contributed by atoms with E-state index >= 15 is 0 Å². The molecule has 4 nitrogen and oxygen atoms in total. The molecular formula is C21H30O4. The van der Waals surface area contributed by atoms with Crippen LogP contribution in [0.3, 0.4) is 0 Å². The minimum atomic E-state index is -0.255. The molecule has 0 unspecified atom stereocenters. The van der Waals surface area contributed by atoms with Gasteiger partial charge in [0.15, 0.2) is 0 Å². The number of fused-ring (bicyclic) bond motifs is 5. The smallest absolute Gasteiger partial charge is 0.302 e. The average Bonchev–Trinajstić information content (AvgIpc) is 2.84. The van der Waals surface area contributed by atoms with Crippen LogP contribution in [0.5, 0.6) is 0 Å².